The average molecular weight is 430 g/mol. The molecular formula is C26H23FN2O3. The molecule has 0 saturated carbocycles. The highest BCUT2D eigenvalue weighted by Crippen LogP contribution is 2.37. The highest BCUT2D eigenvalue weighted by Gasteiger charge is 2.15. The normalized spacial score (nSPS) is 10.7. The minimum atomic E-state index is -0.372. The van der Waals surface area contributed by atoms with E-state index in [2.05, 4.69) is 5.32 Å². The maximum Gasteiger partial charge on any atom is 0.262 e. The number of nitrogens with one attached hydrogen (secondary N) is 1. The molecule has 0 aliphatic heterocycles. The first-order valence-corrected chi connectivity index (χ1v) is 10.2. The fourth-order valence-electron chi connectivity index (χ4n) is 3.45. The molecular weight excluding hydrogens is 407 g/mol. The van der Waals surface area contributed by atoms with E-state index in [0.717, 1.165) is 16.3 Å². The molecule has 0 aromatic heterocycles. The van der Waals surface area contributed by atoms with E-state index in [9.17, 15) is 9.18 Å². The number of hydrogen-bond acceptors (Lipinski definition) is 4. The van der Waals surface area contributed by atoms with Crippen molar-refractivity contribution in [1.29, 1.82) is 0 Å². The van der Waals surface area contributed by atoms with Crippen molar-refractivity contribution in [2.24, 2.45) is 0 Å². The number of halogens is 1. The van der Waals surface area contributed by atoms with Gasteiger partial charge in [0.05, 0.1) is 11.4 Å². The van der Waals surface area contributed by atoms with Crippen molar-refractivity contribution in [3.63, 3.8) is 0 Å². The highest BCUT2D eigenvalue weighted by atomic mass is 19.1. The molecule has 0 unspecified atom stereocenters. The summed E-state index contributed by atoms with van der Waals surface area (Å²) < 4.78 is 24.8. The summed E-state index contributed by atoms with van der Waals surface area (Å²) in [6.45, 7) is 1.89. The van der Waals surface area contributed by atoms with Gasteiger partial charge in [0.2, 0.25) is 0 Å². The lowest BCUT2D eigenvalue weighted by molar-refractivity contribution is -0.118. The lowest BCUT2D eigenvalue weighted by atomic mass is 10.1. The quantitative estimate of drug-likeness (QED) is 0.382. The molecule has 5 nitrogen and oxygen atoms in total. The summed E-state index contributed by atoms with van der Waals surface area (Å²) in [4.78, 5) is 12.6. The molecule has 162 valence electrons. The Hall–Kier alpha value is -4.06. The Bertz CT molecular complexity index is 1260. The van der Waals surface area contributed by atoms with Crippen LogP contribution in [0.2, 0.25) is 0 Å². The molecule has 3 N–H and O–H groups in total. The average Bonchev–Trinajstić information content (AvgIpc) is 2.80. The van der Waals surface area contributed by atoms with E-state index in [1.165, 1.54) is 18.2 Å². The molecule has 0 aliphatic carbocycles. The lowest BCUT2D eigenvalue weighted by Gasteiger charge is -2.16. The van der Waals surface area contributed by atoms with Gasteiger partial charge in [-0.15, -0.1) is 0 Å². The van der Waals surface area contributed by atoms with Crippen LogP contribution < -0.4 is 20.5 Å². The Morgan fingerprint density at radius 1 is 0.906 bits per heavy atom. The second-order valence-electron chi connectivity index (χ2n) is 7.41. The zero-order chi connectivity index (χ0) is 22.5. The second kappa shape index (κ2) is 9.39. The van der Waals surface area contributed by atoms with Crippen LogP contribution in [0, 0.1) is 12.7 Å². The first-order valence-electron chi connectivity index (χ1n) is 10.2. The maximum absolute atomic E-state index is 13.3. The molecule has 0 aliphatic rings. The van der Waals surface area contributed by atoms with E-state index >= 15 is 0 Å². The Morgan fingerprint density at radius 2 is 1.62 bits per heavy atom. The van der Waals surface area contributed by atoms with Gasteiger partial charge in [0.25, 0.3) is 5.91 Å². The van der Waals surface area contributed by atoms with Gasteiger partial charge in [0.1, 0.15) is 23.9 Å². The molecule has 1 amide bonds. The highest BCUT2D eigenvalue weighted by molar-refractivity contribution is 6.09. The van der Waals surface area contributed by atoms with E-state index in [4.69, 9.17) is 15.2 Å². The topological polar surface area (TPSA) is 73.6 Å². The van der Waals surface area contributed by atoms with E-state index in [-0.39, 0.29) is 18.3 Å². The second-order valence-corrected chi connectivity index (χ2v) is 7.41. The number of hydrogen-bond donors (Lipinski definition) is 2. The predicted octanol–water partition coefficient (Wildman–Crippen LogP) is 5.47. The van der Waals surface area contributed by atoms with Gasteiger partial charge in [-0.1, -0.05) is 54.6 Å². The van der Waals surface area contributed by atoms with Crippen LogP contribution in [0.15, 0.2) is 78.9 Å². The van der Waals surface area contributed by atoms with Crippen molar-refractivity contribution in [3.8, 4) is 11.5 Å². The minimum absolute atomic E-state index is 0.230. The van der Waals surface area contributed by atoms with Gasteiger partial charge in [-0.2, -0.15) is 0 Å². The molecule has 4 aromatic carbocycles. The summed E-state index contributed by atoms with van der Waals surface area (Å²) in [7, 11) is 0. The van der Waals surface area contributed by atoms with Gasteiger partial charge < -0.3 is 20.5 Å². The lowest BCUT2D eigenvalue weighted by Crippen LogP contribution is -2.21. The summed E-state index contributed by atoms with van der Waals surface area (Å²) in [5.41, 5.74) is 8.82. The molecule has 0 heterocycles. The molecule has 0 atom stereocenters. The molecule has 0 radical (unpaired) electrons. The van der Waals surface area contributed by atoms with Gasteiger partial charge in [-0.25, -0.2) is 4.39 Å². The van der Waals surface area contributed by atoms with Gasteiger partial charge in [-0.3, -0.25) is 4.79 Å². The third-order valence-electron chi connectivity index (χ3n) is 5.03. The number of carbonyl (C=O) groups excluding carboxylic acids is 1. The van der Waals surface area contributed by atoms with Crippen LogP contribution >= 0.6 is 0 Å². The minimum Gasteiger partial charge on any atom is -0.488 e. The van der Waals surface area contributed by atoms with Crippen molar-refractivity contribution in [1.82, 2.24) is 0 Å². The van der Waals surface area contributed by atoms with Crippen molar-refractivity contribution >= 4 is 28.1 Å². The molecule has 0 saturated heterocycles. The van der Waals surface area contributed by atoms with E-state index in [1.54, 1.807) is 13.0 Å². The number of nitrogen functional groups attached to an aromatic ring is 1. The van der Waals surface area contributed by atoms with E-state index in [0.29, 0.717) is 35.0 Å². The largest absolute Gasteiger partial charge is 0.488 e. The Morgan fingerprint density at radius 3 is 2.38 bits per heavy atom. The zero-order valence-corrected chi connectivity index (χ0v) is 17.6. The van der Waals surface area contributed by atoms with Crippen LogP contribution in [-0.4, -0.2) is 12.5 Å². The van der Waals surface area contributed by atoms with Crippen LogP contribution in [0.1, 0.15) is 11.1 Å². The zero-order valence-electron chi connectivity index (χ0n) is 17.6. The first kappa shape index (κ1) is 21.2. The number of benzene rings is 4. The summed E-state index contributed by atoms with van der Waals surface area (Å²) >= 11 is 0. The predicted molar refractivity (Wildman–Crippen MR) is 124 cm³/mol. The van der Waals surface area contributed by atoms with Gasteiger partial charge in [-0.05, 0) is 36.2 Å². The summed E-state index contributed by atoms with van der Waals surface area (Å²) in [6.07, 6.45) is 0. The third-order valence-corrected chi connectivity index (χ3v) is 5.03. The van der Waals surface area contributed by atoms with Crippen molar-refractivity contribution < 1.29 is 18.7 Å². The molecule has 6 heteroatoms. The summed E-state index contributed by atoms with van der Waals surface area (Å²) in [5.74, 6) is 0.360. The van der Waals surface area contributed by atoms with Gasteiger partial charge >= 0.3 is 0 Å². The van der Waals surface area contributed by atoms with Gasteiger partial charge in [0.15, 0.2) is 6.61 Å². The Balaban J connectivity index is 1.52. The smallest absolute Gasteiger partial charge is 0.262 e. The SMILES string of the molecule is Cc1cc(F)ccc1OCC(=O)Nc1c(N)cc(OCc2ccccc2)c2ccccc12. The Labute approximate surface area is 185 Å². The number of carbonyl (C=O) groups is 1. The molecule has 0 bridgehead atoms. The van der Waals surface area contributed by atoms with E-state index < -0.39 is 0 Å². The van der Waals surface area contributed by atoms with Crippen LogP contribution in [0.3, 0.4) is 0 Å². The maximum atomic E-state index is 13.3. The number of anilines is 2. The van der Waals surface area contributed by atoms with Crippen molar-refractivity contribution in [2.45, 2.75) is 13.5 Å². The first-order chi connectivity index (χ1) is 15.5. The van der Waals surface area contributed by atoms with E-state index in [1.807, 2.05) is 54.6 Å². The molecule has 0 spiro atoms. The summed E-state index contributed by atoms with van der Waals surface area (Å²) in [6, 6.07) is 23.3. The monoisotopic (exact) mass is 430 g/mol. The van der Waals surface area contributed by atoms with Crippen molar-refractivity contribution in [2.75, 3.05) is 17.7 Å². The number of rotatable bonds is 7. The molecule has 4 aromatic rings. The number of ether oxygens (including phenoxy) is 2. The molecule has 32 heavy (non-hydrogen) atoms. The third kappa shape index (κ3) is 4.81. The summed E-state index contributed by atoms with van der Waals surface area (Å²) in [5, 5.41) is 4.44. The van der Waals surface area contributed by atoms with Gasteiger partial charge in [0, 0.05) is 16.8 Å². The molecule has 4 rings (SSSR count). The molecule has 0 fully saturated rings. The van der Waals surface area contributed by atoms with Crippen molar-refractivity contribution in [3.05, 3.63) is 95.8 Å². The number of fused-ring (bicyclic) bond motifs is 1. The number of aryl methyl sites for hydroxylation is 1. The van der Waals surface area contributed by atoms with Crippen LogP contribution in [-0.2, 0) is 11.4 Å². The number of nitrogens with two attached hydrogens (primary N) is 1. The Kier molecular flexibility index (Phi) is 6.22. The van der Waals surface area contributed by atoms with Crippen LogP contribution in [0.4, 0.5) is 15.8 Å². The van der Waals surface area contributed by atoms with Crippen LogP contribution in [0.25, 0.3) is 10.8 Å². The fraction of sp³-hybridized carbons (Fsp3) is 0.115. The number of amides is 1. The van der Waals surface area contributed by atoms with Crippen LogP contribution in [0.5, 0.6) is 11.5 Å². The standard InChI is InChI=1S/C26H23FN2O3/c1-17-13-19(27)11-12-23(17)32-16-25(30)29-26-21-10-6-5-9-20(21)24(14-22(26)28)31-15-18-7-3-2-4-8-18/h2-14H,15-16,28H2,1H3,(H,29,30). The fourth-order valence-corrected chi connectivity index (χ4v) is 3.45.